The van der Waals surface area contributed by atoms with Crippen molar-refractivity contribution < 1.29 is 15.0 Å². The number of aliphatic hydroxyl groups is 1. The topological polar surface area (TPSA) is 60.8 Å². The van der Waals surface area contributed by atoms with Gasteiger partial charge in [-0.2, -0.15) is 0 Å². The minimum Gasteiger partial charge on any atom is -0.478 e. The smallest absolute Gasteiger partial charge is 0.335 e. The van der Waals surface area contributed by atoms with E-state index in [1.807, 2.05) is 13.1 Å². The van der Waals surface area contributed by atoms with Gasteiger partial charge in [0, 0.05) is 12.6 Å². The van der Waals surface area contributed by atoms with Crippen LogP contribution in [0.15, 0.2) is 24.3 Å². The van der Waals surface area contributed by atoms with Gasteiger partial charge in [-0.05, 0) is 30.2 Å². The van der Waals surface area contributed by atoms with E-state index in [9.17, 15) is 9.90 Å². The van der Waals surface area contributed by atoms with E-state index in [4.69, 9.17) is 5.11 Å². The van der Waals surface area contributed by atoms with Crippen LogP contribution in [0.1, 0.15) is 36.7 Å². The number of carboxylic acid groups (broad SMARTS) is 1. The molecule has 0 aliphatic carbocycles. The van der Waals surface area contributed by atoms with Crippen LogP contribution in [0.5, 0.6) is 0 Å². The van der Waals surface area contributed by atoms with Gasteiger partial charge in [0.2, 0.25) is 0 Å². The van der Waals surface area contributed by atoms with Gasteiger partial charge in [0.1, 0.15) is 0 Å². The van der Waals surface area contributed by atoms with E-state index >= 15 is 0 Å². The van der Waals surface area contributed by atoms with E-state index in [0.29, 0.717) is 12.1 Å². The molecule has 0 aromatic heterocycles. The number of hydrogen-bond acceptors (Lipinski definition) is 3. The predicted molar refractivity (Wildman–Crippen MR) is 75.2 cm³/mol. The van der Waals surface area contributed by atoms with Crippen molar-refractivity contribution in [1.29, 1.82) is 0 Å². The molecule has 0 amide bonds. The molecule has 0 heterocycles. The Morgan fingerprint density at radius 1 is 1.37 bits per heavy atom. The highest BCUT2D eigenvalue weighted by Crippen LogP contribution is 2.24. The number of benzene rings is 1. The summed E-state index contributed by atoms with van der Waals surface area (Å²) in [5.41, 5.74) is 1.20. The number of rotatable bonds is 5. The third kappa shape index (κ3) is 4.33. The van der Waals surface area contributed by atoms with Gasteiger partial charge in [0.25, 0.3) is 0 Å². The van der Waals surface area contributed by atoms with E-state index in [0.717, 1.165) is 5.56 Å². The largest absolute Gasteiger partial charge is 0.478 e. The highest BCUT2D eigenvalue weighted by atomic mass is 16.4. The van der Waals surface area contributed by atoms with Crippen LogP contribution >= 0.6 is 0 Å². The van der Waals surface area contributed by atoms with Gasteiger partial charge >= 0.3 is 5.97 Å². The molecule has 4 heteroatoms. The first-order valence-corrected chi connectivity index (χ1v) is 6.39. The molecule has 0 spiro atoms. The van der Waals surface area contributed by atoms with Gasteiger partial charge in [-0.3, -0.25) is 4.90 Å². The molecule has 1 unspecified atom stereocenters. The van der Waals surface area contributed by atoms with Crippen molar-refractivity contribution in [1.82, 2.24) is 4.90 Å². The standard InChI is InChI=1S/C15H23NO3/c1-15(2,3)13(10-17)16(4)9-11-6-5-7-12(8-11)14(18)19/h5-8,13,17H,9-10H2,1-4H3,(H,18,19). The summed E-state index contributed by atoms with van der Waals surface area (Å²) in [5.74, 6) is -0.918. The lowest BCUT2D eigenvalue weighted by molar-refractivity contribution is 0.0611. The Labute approximate surface area is 114 Å². The minimum atomic E-state index is -0.918. The van der Waals surface area contributed by atoms with Gasteiger partial charge in [0.15, 0.2) is 0 Å². The number of hydrogen-bond donors (Lipinski definition) is 2. The third-order valence-electron chi connectivity index (χ3n) is 3.31. The first-order valence-electron chi connectivity index (χ1n) is 6.39. The van der Waals surface area contributed by atoms with Crippen LogP contribution in [0, 0.1) is 5.41 Å². The highest BCUT2D eigenvalue weighted by Gasteiger charge is 2.27. The van der Waals surface area contributed by atoms with Crippen LogP contribution < -0.4 is 0 Å². The number of aliphatic hydroxyl groups excluding tert-OH is 1. The molecule has 2 N–H and O–H groups in total. The molecule has 1 rings (SSSR count). The Morgan fingerprint density at radius 3 is 2.47 bits per heavy atom. The van der Waals surface area contributed by atoms with E-state index in [1.54, 1.807) is 18.2 Å². The second kappa shape index (κ2) is 6.17. The molecular formula is C15H23NO3. The van der Waals surface area contributed by atoms with Crippen molar-refractivity contribution in [3.05, 3.63) is 35.4 Å². The van der Waals surface area contributed by atoms with Gasteiger partial charge < -0.3 is 10.2 Å². The van der Waals surface area contributed by atoms with Crippen LogP contribution in [-0.2, 0) is 6.54 Å². The minimum absolute atomic E-state index is 0.0287. The van der Waals surface area contributed by atoms with Crippen molar-refractivity contribution in [2.75, 3.05) is 13.7 Å². The lowest BCUT2D eigenvalue weighted by atomic mass is 9.86. The normalized spacial score (nSPS) is 13.6. The second-order valence-corrected chi connectivity index (χ2v) is 5.99. The zero-order chi connectivity index (χ0) is 14.6. The molecule has 4 nitrogen and oxygen atoms in total. The van der Waals surface area contributed by atoms with Gasteiger partial charge in [0.05, 0.1) is 12.2 Å². The fourth-order valence-corrected chi connectivity index (χ4v) is 2.28. The van der Waals surface area contributed by atoms with Crippen molar-refractivity contribution >= 4 is 5.97 Å². The van der Waals surface area contributed by atoms with E-state index in [1.165, 1.54) is 0 Å². The molecule has 0 saturated heterocycles. The molecule has 0 radical (unpaired) electrons. The number of carbonyl (C=O) groups is 1. The summed E-state index contributed by atoms with van der Waals surface area (Å²) in [7, 11) is 1.94. The summed E-state index contributed by atoms with van der Waals surface area (Å²) in [6, 6.07) is 6.94. The summed E-state index contributed by atoms with van der Waals surface area (Å²) in [4.78, 5) is 13.0. The molecule has 0 bridgehead atoms. The maximum absolute atomic E-state index is 10.9. The van der Waals surface area contributed by atoms with Crippen molar-refractivity contribution in [2.24, 2.45) is 5.41 Å². The Bertz CT molecular complexity index is 437. The lowest BCUT2D eigenvalue weighted by Crippen LogP contribution is -2.43. The van der Waals surface area contributed by atoms with Crippen LogP contribution in [-0.4, -0.2) is 40.8 Å². The molecule has 19 heavy (non-hydrogen) atoms. The molecule has 0 saturated carbocycles. The zero-order valence-electron chi connectivity index (χ0n) is 12.1. The van der Waals surface area contributed by atoms with E-state index in [2.05, 4.69) is 25.7 Å². The quantitative estimate of drug-likeness (QED) is 0.857. The predicted octanol–water partition coefficient (Wildman–Crippen LogP) is 2.22. The monoisotopic (exact) mass is 265 g/mol. The summed E-state index contributed by atoms with van der Waals surface area (Å²) in [5, 5.41) is 18.5. The molecule has 0 aliphatic rings. The Morgan fingerprint density at radius 2 is 2.00 bits per heavy atom. The SMILES string of the molecule is CN(Cc1cccc(C(=O)O)c1)C(CO)C(C)(C)C. The first-order chi connectivity index (χ1) is 8.75. The van der Waals surface area contributed by atoms with Gasteiger partial charge in [-0.1, -0.05) is 32.9 Å². The van der Waals surface area contributed by atoms with Crippen molar-refractivity contribution in [3.8, 4) is 0 Å². The number of carboxylic acids is 1. The van der Waals surface area contributed by atoms with E-state index < -0.39 is 5.97 Å². The fraction of sp³-hybridized carbons (Fsp3) is 0.533. The fourth-order valence-electron chi connectivity index (χ4n) is 2.28. The van der Waals surface area contributed by atoms with Gasteiger partial charge in [-0.25, -0.2) is 4.79 Å². The van der Waals surface area contributed by atoms with E-state index in [-0.39, 0.29) is 18.1 Å². The zero-order valence-corrected chi connectivity index (χ0v) is 12.1. The Kier molecular flexibility index (Phi) is 5.09. The van der Waals surface area contributed by atoms with Crippen LogP contribution in [0.3, 0.4) is 0 Å². The van der Waals surface area contributed by atoms with Crippen molar-refractivity contribution in [3.63, 3.8) is 0 Å². The number of nitrogens with zero attached hydrogens (tertiary/aromatic N) is 1. The molecular weight excluding hydrogens is 242 g/mol. The maximum Gasteiger partial charge on any atom is 0.335 e. The van der Waals surface area contributed by atoms with Gasteiger partial charge in [-0.15, -0.1) is 0 Å². The Balaban J connectivity index is 2.84. The average Bonchev–Trinajstić information content (AvgIpc) is 2.28. The summed E-state index contributed by atoms with van der Waals surface area (Å²) < 4.78 is 0. The number of likely N-dealkylation sites (N-methyl/N-ethyl adjacent to an activating group) is 1. The van der Waals surface area contributed by atoms with Crippen LogP contribution in [0.2, 0.25) is 0 Å². The van der Waals surface area contributed by atoms with Crippen LogP contribution in [0.25, 0.3) is 0 Å². The molecule has 1 atom stereocenters. The Hall–Kier alpha value is -1.39. The average molecular weight is 265 g/mol. The maximum atomic E-state index is 10.9. The highest BCUT2D eigenvalue weighted by molar-refractivity contribution is 5.87. The lowest BCUT2D eigenvalue weighted by Gasteiger charge is -2.36. The second-order valence-electron chi connectivity index (χ2n) is 5.99. The molecule has 1 aromatic carbocycles. The summed E-state index contributed by atoms with van der Waals surface area (Å²) >= 11 is 0. The first kappa shape index (κ1) is 15.7. The summed E-state index contributed by atoms with van der Waals surface area (Å²) in [6.45, 7) is 6.94. The number of aromatic carboxylic acids is 1. The molecule has 1 aromatic rings. The summed E-state index contributed by atoms with van der Waals surface area (Å²) in [6.07, 6.45) is 0. The third-order valence-corrected chi connectivity index (χ3v) is 3.31. The van der Waals surface area contributed by atoms with Crippen LogP contribution in [0.4, 0.5) is 0 Å². The molecule has 106 valence electrons. The van der Waals surface area contributed by atoms with Crippen molar-refractivity contribution in [2.45, 2.75) is 33.4 Å². The molecule has 0 aliphatic heterocycles. The molecule has 0 fully saturated rings.